The Labute approximate surface area is 136 Å². The molecule has 7 heteroatoms. The van der Waals surface area contributed by atoms with Crippen LogP contribution in [0.25, 0.3) is 0 Å². The van der Waals surface area contributed by atoms with Gasteiger partial charge in [0.25, 0.3) is 0 Å². The van der Waals surface area contributed by atoms with E-state index < -0.39 is 0 Å². The van der Waals surface area contributed by atoms with E-state index in [2.05, 4.69) is 37.2 Å². The molecule has 7 nitrogen and oxygen atoms in total. The van der Waals surface area contributed by atoms with Crippen molar-refractivity contribution in [3.8, 4) is 0 Å². The molecule has 1 fully saturated rings. The van der Waals surface area contributed by atoms with Crippen molar-refractivity contribution in [2.45, 2.75) is 27.3 Å². The largest absolute Gasteiger partial charge is 0.370 e. The van der Waals surface area contributed by atoms with Crippen LogP contribution >= 0.6 is 0 Å². The van der Waals surface area contributed by atoms with Crippen molar-refractivity contribution in [3.63, 3.8) is 0 Å². The monoisotopic (exact) mass is 316 g/mol. The van der Waals surface area contributed by atoms with Gasteiger partial charge in [0, 0.05) is 57.1 Å². The lowest BCUT2D eigenvalue weighted by Gasteiger charge is -2.34. The molecule has 0 atom stereocenters. The summed E-state index contributed by atoms with van der Waals surface area (Å²) in [6.45, 7) is 11.5. The second-order valence-corrected chi connectivity index (χ2v) is 5.92. The molecule has 1 aliphatic rings. The summed E-state index contributed by atoms with van der Waals surface area (Å²) in [5, 5.41) is 7.33. The number of piperazine rings is 1. The van der Waals surface area contributed by atoms with Crippen molar-refractivity contribution in [1.82, 2.24) is 20.0 Å². The molecule has 2 aromatic heterocycles. The lowest BCUT2D eigenvalue weighted by molar-refractivity contribution is 0.240. The summed E-state index contributed by atoms with van der Waals surface area (Å²) in [7, 11) is 0. The fraction of sp³-hybridized carbons (Fsp3) is 0.562. The van der Waals surface area contributed by atoms with Gasteiger partial charge in [0.1, 0.15) is 11.6 Å². The molecule has 0 amide bonds. The maximum Gasteiger partial charge on any atom is 0.227 e. The molecule has 1 aliphatic heterocycles. The highest BCUT2D eigenvalue weighted by Gasteiger charge is 2.20. The number of anilines is 2. The van der Waals surface area contributed by atoms with E-state index in [1.54, 1.807) is 0 Å². The number of rotatable bonds is 5. The first-order chi connectivity index (χ1) is 11.1. The van der Waals surface area contributed by atoms with Crippen LogP contribution in [0.3, 0.4) is 0 Å². The minimum Gasteiger partial charge on any atom is -0.370 e. The van der Waals surface area contributed by atoms with E-state index in [0.717, 1.165) is 68.2 Å². The van der Waals surface area contributed by atoms with Crippen LogP contribution in [0.15, 0.2) is 16.7 Å². The molecule has 1 saturated heterocycles. The Hall–Kier alpha value is -2.15. The third-order valence-electron chi connectivity index (χ3n) is 3.92. The summed E-state index contributed by atoms with van der Waals surface area (Å²) in [4.78, 5) is 13.8. The van der Waals surface area contributed by atoms with Crippen molar-refractivity contribution in [2.24, 2.45) is 0 Å². The molecule has 0 radical (unpaired) electrons. The zero-order chi connectivity index (χ0) is 16.2. The maximum absolute atomic E-state index is 5.13. The van der Waals surface area contributed by atoms with Crippen molar-refractivity contribution in [2.75, 3.05) is 42.9 Å². The molecule has 3 heterocycles. The van der Waals surface area contributed by atoms with E-state index in [1.807, 2.05) is 26.0 Å². The van der Waals surface area contributed by atoms with Gasteiger partial charge in [0.2, 0.25) is 5.95 Å². The Bertz CT molecular complexity index is 648. The zero-order valence-electron chi connectivity index (χ0n) is 14.0. The number of nitrogens with one attached hydrogen (secondary N) is 1. The molecule has 0 saturated carbocycles. The smallest absolute Gasteiger partial charge is 0.227 e. The highest BCUT2D eigenvalue weighted by atomic mass is 16.5. The summed E-state index contributed by atoms with van der Waals surface area (Å²) < 4.78 is 5.13. The molecule has 0 spiro atoms. The van der Waals surface area contributed by atoms with E-state index in [9.17, 15) is 0 Å². The van der Waals surface area contributed by atoms with Gasteiger partial charge in [0.15, 0.2) is 0 Å². The number of nitrogens with zero attached hydrogens (tertiary/aromatic N) is 5. The normalized spacial score (nSPS) is 15.9. The SMILES string of the molecule is CCNc1cc(C)nc(N2CCN(Cc3cc(C)on3)CC2)n1. The molecule has 3 rings (SSSR count). The van der Waals surface area contributed by atoms with Crippen LogP contribution in [0.5, 0.6) is 0 Å². The third kappa shape index (κ3) is 3.98. The molecule has 2 aromatic rings. The van der Waals surface area contributed by atoms with Crippen LogP contribution in [0.4, 0.5) is 11.8 Å². The van der Waals surface area contributed by atoms with Gasteiger partial charge in [-0.1, -0.05) is 5.16 Å². The van der Waals surface area contributed by atoms with Crippen LogP contribution in [0.1, 0.15) is 24.1 Å². The second kappa shape index (κ2) is 6.95. The molecule has 0 unspecified atom stereocenters. The van der Waals surface area contributed by atoms with Gasteiger partial charge in [-0.15, -0.1) is 0 Å². The highest BCUT2D eigenvalue weighted by Crippen LogP contribution is 2.16. The fourth-order valence-electron chi connectivity index (χ4n) is 2.79. The van der Waals surface area contributed by atoms with Gasteiger partial charge in [-0.3, -0.25) is 4.90 Å². The Morgan fingerprint density at radius 1 is 1.13 bits per heavy atom. The van der Waals surface area contributed by atoms with Crippen molar-refractivity contribution in [3.05, 3.63) is 29.3 Å². The maximum atomic E-state index is 5.13. The average Bonchev–Trinajstić information content (AvgIpc) is 2.93. The van der Waals surface area contributed by atoms with Crippen LogP contribution in [-0.2, 0) is 6.54 Å². The molecule has 0 aliphatic carbocycles. The Balaban J connectivity index is 1.60. The summed E-state index contributed by atoms with van der Waals surface area (Å²) in [6.07, 6.45) is 0. The van der Waals surface area contributed by atoms with Crippen molar-refractivity contribution < 1.29 is 4.52 Å². The lowest BCUT2D eigenvalue weighted by Crippen LogP contribution is -2.46. The third-order valence-corrected chi connectivity index (χ3v) is 3.92. The number of aryl methyl sites for hydroxylation is 2. The topological polar surface area (TPSA) is 70.3 Å². The molecule has 0 aromatic carbocycles. The number of hydrogen-bond donors (Lipinski definition) is 1. The van der Waals surface area contributed by atoms with Gasteiger partial charge in [-0.2, -0.15) is 4.98 Å². The first-order valence-corrected chi connectivity index (χ1v) is 8.13. The summed E-state index contributed by atoms with van der Waals surface area (Å²) in [5.41, 5.74) is 1.99. The molecule has 124 valence electrons. The number of aromatic nitrogens is 3. The van der Waals surface area contributed by atoms with E-state index in [4.69, 9.17) is 4.52 Å². The summed E-state index contributed by atoms with van der Waals surface area (Å²) in [6, 6.07) is 3.98. The minimum absolute atomic E-state index is 0.817. The molecular formula is C16H24N6O. The van der Waals surface area contributed by atoms with Gasteiger partial charge in [-0.05, 0) is 20.8 Å². The standard InChI is InChI=1S/C16H24N6O/c1-4-17-15-9-12(2)18-16(19-15)22-7-5-21(6-8-22)11-14-10-13(3)23-20-14/h9-10H,4-8,11H2,1-3H3,(H,17,18,19). The van der Waals surface area contributed by atoms with Crippen LogP contribution in [0, 0.1) is 13.8 Å². The van der Waals surface area contributed by atoms with Gasteiger partial charge < -0.3 is 14.7 Å². The zero-order valence-corrected chi connectivity index (χ0v) is 14.0. The Morgan fingerprint density at radius 2 is 1.91 bits per heavy atom. The van der Waals surface area contributed by atoms with E-state index >= 15 is 0 Å². The first kappa shape index (κ1) is 15.7. The predicted octanol–water partition coefficient (Wildman–Crippen LogP) is 1.84. The van der Waals surface area contributed by atoms with Crippen LogP contribution < -0.4 is 10.2 Å². The van der Waals surface area contributed by atoms with Crippen molar-refractivity contribution in [1.29, 1.82) is 0 Å². The number of hydrogen-bond acceptors (Lipinski definition) is 7. The fourth-order valence-corrected chi connectivity index (χ4v) is 2.79. The van der Waals surface area contributed by atoms with Crippen LogP contribution in [-0.4, -0.2) is 52.7 Å². The Morgan fingerprint density at radius 3 is 2.57 bits per heavy atom. The van der Waals surface area contributed by atoms with Gasteiger partial charge >= 0.3 is 0 Å². The first-order valence-electron chi connectivity index (χ1n) is 8.13. The minimum atomic E-state index is 0.817. The van der Waals surface area contributed by atoms with E-state index in [-0.39, 0.29) is 0 Å². The van der Waals surface area contributed by atoms with E-state index in [0.29, 0.717) is 0 Å². The average molecular weight is 316 g/mol. The highest BCUT2D eigenvalue weighted by molar-refractivity contribution is 5.43. The van der Waals surface area contributed by atoms with Gasteiger partial charge in [0.05, 0.1) is 5.69 Å². The molecule has 23 heavy (non-hydrogen) atoms. The quantitative estimate of drug-likeness (QED) is 0.902. The molecular weight excluding hydrogens is 292 g/mol. The second-order valence-electron chi connectivity index (χ2n) is 5.92. The van der Waals surface area contributed by atoms with E-state index in [1.165, 1.54) is 0 Å². The lowest BCUT2D eigenvalue weighted by atomic mass is 10.3. The molecule has 1 N–H and O–H groups in total. The predicted molar refractivity (Wildman–Crippen MR) is 89.7 cm³/mol. The van der Waals surface area contributed by atoms with Gasteiger partial charge in [-0.25, -0.2) is 4.98 Å². The van der Waals surface area contributed by atoms with Crippen molar-refractivity contribution >= 4 is 11.8 Å². The summed E-state index contributed by atoms with van der Waals surface area (Å²) in [5.74, 6) is 2.58. The molecule has 0 bridgehead atoms. The Kier molecular flexibility index (Phi) is 4.76. The van der Waals surface area contributed by atoms with Crippen LogP contribution in [0.2, 0.25) is 0 Å². The summed E-state index contributed by atoms with van der Waals surface area (Å²) >= 11 is 0.